The van der Waals surface area contributed by atoms with E-state index in [1.54, 1.807) is 7.11 Å². The van der Waals surface area contributed by atoms with Crippen LogP contribution in [0.25, 0.3) is 0 Å². The molecule has 19 heavy (non-hydrogen) atoms. The maximum atomic E-state index is 11.7. The number of nitrogens with one attached hydrogen (secondary N) is 1. The number of methoxy groups -OCH3 is 1. The highest BCUT2D eigenvalue weighted by molar-refractivity contribution is 5.79. The lowest BCUT2D eigenvalue weighted by Crippen LogP contribution is -2.28. The van der Waals surface area contributed by atoms with Crippen molar-refractivity contribution < 1.29 is 14.3 Å². The van der Waals surface area contributed by atoms with Crippen molar-refractivity contribution in [1.82, 2.24) is 5.32 Å². The molecule has 1 aromatic rings. The van der Waals surface area contributed by atoms with Gasteiger partial charge in [-0.2, -0.15) is 0 Å². The third-order valence-corrected chi connectivity index (χ3v) is 2.46. The van der Waals surface area contributed by atoms with Gasteiger partial charge < -0.3 is 14.8 Å². The van der Waals surface area contributed by atoms with Gasteiger partial charge in [0.1, 0.15) is 5.75 Å². The summed E-state index contributed by atoms with van der Waals surface area (Å²) in [5.41, 5.74) is 1.85. The van der Waals surface area contributed by atoms with Crippen LogP contribution < -0.4 is 10.1 Å². The molecule has 0 aliphatic carbocycles. The first-order valence-corrected chi connectivity index (χ1v) is 6.24. The molecule has 1 amide bonds. The van der Waals surface area contributed by atoms with Crippen LogP contribution in [0.15, 0.2) is 36.4 Å². The monoisotopic (exact) mass is 263 g/mol. The van der Waals surface area contributed by atoms with Gasteiger partial charge in [-0.1, -0.05) is 30.4 Å². The third kappa shape index (κ3) is 6.06. The number of rotatable bonds is 8. The van der Waals surface area contributed by atoms with Gasteiger partial charge in [0.05, 0.1) is 26.7 Å². The highest BCUT2D eigenvalue weighted by Gasteiger charge is 2.07. The molecule has 1 N–H and O–H groups in total. The van der Waals surface area contributed by atoms with Crippen molar-refractivity contribution in [2.24, 2.45) is 0 Å². The Morgan fingerprint density at radius 1 is 1.37 bits per heavy atom. The number of para-hydroxylation sites is 1. The zero-order valence-corrected chi connectivity index (χ0v) is 11.6. The van der Waals surface area contributed by atoms with E-state index in [0.29, 0.717) is 26.2 Å². The van der Waals surface area contributed by atoms with Gasteiger partial charge in [-0.25, -0.2) is 0 Å². The molecule has 4 heteroatoms. The second-order valence-corrected chi connectivity index (χ2v) is 4.35. The van der Waals surface area contributed by atoms with Crippen molar-refractivity contribution in [3.05, 3.63) is 42.0 Å². The number of carbonyl (C=O) groups excluding carboxylic acids is 1. The molecule has 0 atom stereocenters. The van der Waals surface area contributed by atoms with Crippen LogP contribution in [-0.4, -0.2) is 32.8 Å². The largest absolute Gasteiger partial charge is 0.496 e. The summed E-state index contributed by atoms with van der Waals surface area (Å²) in [7, 11) is 1.60. The van der Waals surface area contributed by atoms with Crippen LogP contribution in [0, 0.1) is 0 Å². The summed E-state index contributed by atoms with van der Waals surface area (Å²) in [5.74, 6) is 0.694. The van der Waals surface area contributed by atoms with Crippen molar-refractivity contribution in [2.45, 2.75) is 13.3 Å². The molecule has 104 valence electrons. The van der Waals surface area contributed by atoms with Gasteiger partial charge in [0.15, 0.2) is 0 Å². The average Bonchev–Trinajstić information content (AvgIpc) is 2.38. The van der Waals surface area contributed by atoms with Gasteiger partial charge in [0.2, 0.25) is 5.91 Å². The lowest BCUT2D eigenvalue weighted by atomic mass is 10.1. The molecule has 0 heterocycles. The van der Waals surface area contributed by atoms with Crippen LogP contribution in [-0.2, 0) is 16.0 Å². The van der Waals surface area contributed by atoms with E-state index in [1.165, 1.54) is 0 Å². The van der Waals surface area contributed by atoms with Crippen molar-refractivity contribution in [1.29, 1.82) is 0 Å². The summed E-state index contributed by atoms with van der Waals surface area (Å²) in [6.07, 6.45) is 0.310. The minimum absolute atomic E-state index is 0.0385. The fourth-order valence-electron chi connectivity index (χ4n) is 1.59. The van der Waals surface area contributed by atoms with Crippen molar-refractivity contribution >= 4 is 5.91 Å². The number of benzene rings is 1. The molecule has 0 aliphatic rings. The van der Waals surface area contributed by atoms with E-state index in [0.717, 1.165) is 16.9 Å². The first kappa shape index (κ1) is 15.2. The summed E-state index contributed by atoms with van der Waals surface area (Å²) in [5, 5.41) is 2.81. The highest BCUT2D eigenvalue weighted by Crippen LogP contribution is 2.17. The predicted molar refractivity (Wildman–Crippen MR) is 75.3 cm³/mol. The fourth-order valence-corrected chi connectivity index (χ4v) is 1.59. The van der Waals surface area contributed by atoms with E-state index in [4.69, 9.17) is 9.47 Å². The Balaban J connectivity index is 2.29. The summed E-state index contributed by atoms with van der Waals surface area (Å²) in [4.78, 5) is 11.7. The fraction of sp³-hybridized carbons (Fsp3) is 0.400. The summed E-state index contributed by atoms with van der Waals surface area (Å²) in [6.45, 7) is 7.16. The SMILES string of the molecule is C=C(C)COCCNC(=O)Cc1ccccc1OC. The highest BCUT2D eigenvalue weighted by atomic mass is 16.5. The third-order valence-electron chi connectivity index (χ3n) is 2.46. The molecule has 0 radical (unpaired) electrons. The molecule has 0 saturated carbocycles. The Morgan fingerprint density at radius 2 is 2.11 bits per heavy atom. The molecular formula is C15H21NO3. The Hall–Kier alpha value is -1.81. The number of ether oxygens (including phenoxy) is 2. The van der Waals surface area contributed by atoms with Crippen molar-refractivity contribution in [2.75, 3.05) is 26.9 Å². The van der Waals surface area contributed by atoms with Gasteiger partial charge in [-0.15, -0.1) is 0 Å². The summed E-state index contributed by atoms with van der Waals surface area (Å²) in [6, 6.07) is 7.50. The average molecular weight is 263 g/mol. The molecular weight excluding hydrogens is 242 g/mol. The minimum Gasteiger partial charge on any atom is -0.496 e. The zero-order chi connectivity index (χ0) is 14.1. The van der Waals surface area contributed by atoms with E-state index in [-0.39, 0.29) is 5.91 Å². The molecule has 0 aliphatic heterocycles. The Kier molecular flexibility index (Phi) is 6.68. The van der Waals surface area contributed by atoms with Crippen LogP contribution >= 0.6 is 0 Å². The zero-order valence-electron chi connectivity index (χ0n) is 11.6. The Labute approximate surface area is 114 Å². The molecule has 0 saturated heterocycles. The van der Waals surface area contributed by atoms with Gasteiger partial charge in [0, 0.05) is 12.1 Å². The molecule has 0 fully saturated rings. The minimum atomic E-state index is -0.0385. The molecule has 4 nitrogen and oxygen atoms in total. The van der Waals surface area contributed by atoms with Crippen LogP contribution in [0.3, 0.4) is 0 Å². The molecule has 0 unspecified atom stereocenters. The first-order valence-electron chi connectivity index (χ1n) is 6.24. The van der Waals surface area contributed by atoms with Crippen LogP contribution in [0.2, 0.25) is 0 Å². The second-order valence-electron chi connectivity index (χ2n) is 4.35. The Morgan fingerprint density at radius 3 is 2.79 bits per heavy atom. The van der Waals surface area contributed by atoms with E-state index in [2.05, 4.69) is 11.9 Å². The molecule has 1 aromatic carbocycles. The van der Waals surface area contributed by atoms with E-state index in [9.17, 15) is 4.79 Å². The van der Waals surface area contributed by atoms with Gasteiger partial charge in [-0.3, -0.25) is 4.79 Å². The lowest BCUT2D eigenvalue weighted by Gasteiger charge is -2.09. The topological polar surface area (TPSA) is 47.6 Å². The molecule has 0 bridgehead atoms. The van der Waals surface area contributed by atoms with Crippen molar-refractivity contribution in [3.63, 3.8) is 0 Å². The predicted octanol–water partition coefficient (Wildman–Crippen LogP) is 1.95. The standard InChI is InChI=1S/C15H21NO3/c1-12(2)11-19-9-8-16-15(17)10-13-6-4-5-7-14(13)18-3/h4-7H,1,8-11H2,2-3H3,(H,16,17). The van der Waals surface area contributed by atoms with Gasteiger partial charge in [-0.05, 0) is 13.0 Å². The van der Waals surface area contributed by atoms with Crippen LogP contribution in [0.4, 0.5) is 0 Å². The molecule has 0 spiro atoms. The van der Waals surface area contributed by atoms with Crippen molar-refractivity contribution in [3.8, 4) is 5.75 Å². The van der Waals surface area contributed by atoms with Gasteiger partial charge in [0.25, 0.3) is 0 Å². The van der Waals surface area contributed by atoms with E-state index in [1.807, 2.05) is 31.2 Å². The second kappa shape index (κ2) is 8.32. The lowest BCUT2D eigenvalue weighted by molar-refractivity contribution is -0.120. The molecule has 0 aromatic heterocycles. The number of hydrogen-bond donors (Lipinski definition) is 1. The molecule has 1 rings (SSSR count). The smallest absolute Gasteiger partial charge is 0.224 e. The maximum absolute atomic E-state index is 11.7. The normalized spacial score (nSPS) is 10.0. The summed E-state index contributed by atoms with van der Waals surface area (Å²) < 4.78 is 10.5. The Bertz CT molecular complexity index is 429. The van der Waals surface area contributed by atoms with E-state index < -0.39 is 0 Å². The number of amides is 1. The first-order chi connectivity index (χ1) is 9.13. The van der Waals surface area contributed by atoms with Crippen LogP contribution in [0.1, 0.15) is 12.5 Å². The summed E-state index contributed by atoms with van der Waals surface area (Å²) >= 11 is 0. The van der Waals surface area contributed by atoms with E-state index >= 15 is 0 Å². The number of carbonyl (C=O) groups is 1. The number of hydrogen-bond acceptors (Lipinski definition) is 3. The van der Waals surface area contributed by atoms with Crippen LogP contribution in [0.5, 0.6) is 5.75 Å². The maximum Gasteiger partial charge on any atom is 0.224 e. The quantitative estimate of drug-likeness (QED) is 0.576. The van der Waals surface area contributed by atoms with Gasteiger partial charge >= 0.3 is 0 Å².